The molecule has 142 valence electrons. The quantitative estimate of drug-likeness (QED) is 0.713. The van der Waals surface area contributed by atoms with Crippen molar-refractivity contribution >= 4 is 11.8 Å². The van der Waals surface area contributed by atoms with Crippen LogP contribution in [0.5, 0.6) is 0 Å². The Balaban J connectivity index is 2.12. The molecular weight excluding hydrogens is 326 g/mol. The molecule has 1 aromatic rings. The predicted octanol–water partition coefficient (Wildman–Crippen LogP) is 2.52. The molecule has 0 radical (unpaired) electrons. The molecule has 0 saturated carbocycles. The number of hydrogen-bond donors (Lipinski definition) is 3. The van der Waals surface area contributed by atoms with Gasteiger partial charge in [-0.2, -0.15) is 0 Å². The number of fused-ring (bicyclic) bond motifs is 1. The van der Waals surface area contributed by atoms with Crippen molar-refractivity contribution in [2.45, 2.75) is 46.2 Å². The third-order valence-electron chi connectivity index (χ3n) is 4.55. The van der Waals surface area contributed by atoms with Crippen LogP contribution in [0, 0.1) is 11.8 Å². The Morgan fingerprint density at radius 2 is 1.73 bits per heavy atom. The van der Waals surface area contributed by atoms with E-state index in [4.69, 9.17) is 0 Å². The molecule has 1 aliphatic heterocycles. The number of allylic oxidation sites excluding steroid dienone is 1. The fourth-order valence-corrected chi connectivity index (χ4v) is 3.12. The minimum Gasteiger partial charge on any atom is -0.352 e. The van der Waals surface area contributed by atoms with Crippen molar-refractivity contribution in [1.82, 2.24) is 16.0 Å². The molecule has 1 atom stereocenters. The van der Waals surface area contributed by atoms with Gasteiger partial charge in [0.2, 0.25) is 11.8 Å². The summed E-state index contributed by atoms with van der Waals surface area (Å²) >= 11 is 0. The maximum absolute atomic E-state index is 12.7. The highest BCUT2D eigenvalue weighted by Gasteiger charge is 2.18. The molecule has 1 aromatic carbocycles. The van der Waals surface area contributed by atoms with Crippen molar-refractivity contribution in [1.29, 1.82) is 0 Å². The molecule has 5 heteroatoms. The van der Waals surface area contributed by atoms with Gasteiger partial charge >= 0.3 is 0 Å². The van der Waals surface area contributed by atoms with E-state index in [9.17, 15) is 9.59 Å². The van der Waals surface area contributed by atoms with Crippen LogP contribution in [0.25, 0.3) is 0 Å². The second kappa shape index (κ2) is 10.8. The second-order valence-electron chi connectivity index (χ2n) is 7.25. The molecule has 1 unspecified atom stereocenters. The topological polar surface area (TPSA) is 70.2 Å². The fraction of sp³-hybridized carbons (Fsp3) is 0.524. The molecule has 2 rings (SSSR count). The first-order valence-electron chi connectivity index (χ1n) is 9.53. The summed E-state index contributed by atoms with van der Waals surface area (Å²) < 4.78 is 0. The summed E-state index contributed by atoms with van der Waals surface area (Å²) in [5.74, 6) is 0.600. The zero-order valence-electron chi connectivity index (χ0n) is 15.9. The van der Waals surface area contributed by atoms with E-state index in [1.54, 1.807) is 0 Å². The van der Waals surface area contributed by atoms with Crippen LogP contribution in [-0.4, -0.2) is 24.9 Å². The van der Waals surface area contributed by atoms with E-state index >= 15 is 0 Å². The highest BCUT2D eigenvalue weighted by molar-refractivity contribution is 5.79. The summed E-state index contributed by atoms with van der Waals surface area (Å²) in [6, 6.07) is 7.92. The minimum absolute atomic E-state index is 0.00831. The van der Waals surface area contributed by atoms with Gasteiger partial charge in [-0.1, -0.05) is 50.3 Å². The maximum Gasteiger partial charge on any atom is 0.223 e. The first-order chi connectivity index (χ1) is 12.6. The minimum atomic E-state index is -0.00831. The number of carbonyl (C=O) groups is 2. The lowest BCUT2D eigenvalue weighted by atomic mass is 9.93. The number of hydrogen-bond acceptors (Lipinski definition) is 3. The Hall–Kier alpha value is -2.14. The molecule has 2 amide bonds. The van der Waals surface area contributed by atoms with Crippen molar-refractivity contribution in [3.63, 3.8) is 0 Å². The molecular formula is C21H31N3O2. The van der Waals surface area contributed by atoms with Gasteiger partial charge in [-0.25, -0.2) is 0 Å². The molecule has 3 N–H and O–H groups in total. The summed E-state index contributed by atoms with van der Waals surface area (Å²) in [5.41, 5.74) is 2.09. The molecule has 1 aliphatic rings. The van der Waals surface area contributed by atoms with Crippen LogP contribution in [0.3, 0.4) is 0 Å². The van der Waals surface area contributed by atoms with Gasteiger partial charge in [-0.3, -0.25) is 9.59 Å². The normalized spacial score (nSPS) is 21.6. The lowest BCUT2D eigenvalue weighted by Gasteiger charge is -2.18. The van der Waals surface area contributed by atoms with Gasteiger partial charge in [0, 0.05) is 38.5 Å². The van der Waals surface area contributed by atoms with E-state index in [1.165, 1.54) is 0 Å². The van der Waals surface area contributed by atoms with E-state index in [0.29, 0.717) is 38.5 Å². The summed E-state index contributed by atoms with van der Waals surface area (Å²) in [6.07, 6.45) is 6.19. The van der Waals surface area contributed by atoms with Crippen LogP contribution < -0.4 is 16.0 Å². The number of rotatable bonds is 2. The van der Waals surface area contributed by atoms with E-state index in [1.807, 2.05) is 30.3 Å². The van der Waals surface area contributed by atoms with Crippen molar-refractivity contribution in [2.24, 2.45) is 11.8 Å². The van der Waals surface area contributed by atoms with Gasteiger partial charge in [0.1, 0.15) is 0 Å². The van der Waals surface area contributed by atoms with E-state index in [0.717, 1.165) is 24.0 Å². The molecule has 5 nitrogen and oxygen atoms in total. The third-order valence-corrected chi connectivity index (χ3v) is 4.55. The SMILES string of the molecule is CC(C)CC1C/C=C\CNCCC(=O)NCc2ccccc2CNC1=O. The predicted molar refractivity (Wildman–Crippen MR) is 104 cm³/mol. The van der Waals surface area contributed by atoms with Gasteiger partial charge in [-0.05, 0) is 29.9 Å². The van der Waals surface area contributed by atoms with Crippen molar-refractivity contribution in [3.8, 4) is 0 Å². The molecule has 1 heterocycles. The highest BCUT2D eigenvalue weighted by Crippen LogP contribution is 2.17. The second-order valence-corrected chi connectivity index (χ2v) is 7.25. The highest BCUT2D eigenvalue weighted by atomic mass is 16.2. The largest absolute Gasteiger partial charge is 0.352 e. The van der Waals surface area contributed by atoms with Crippen LogP contribution >= 0.6 is 0 Å². The van der Waals surface area contributed by atoms with Gasteiger partial charge in [0.15, 0.2) is 0 Å². The maximum atomic E-state index is 12.7. The van der Waals surface area contributed by atoms with Crippen molar-refractivity contribution in [3.05, 3.63) is 47.5 Å². The van der Waals surface area contributed by atoms with Crippen LogP contribution in [0.4, 0.5) is 0 Å². The Morgan fingerprint density at radius 1 is 1.04 bits per heavy atom. The number of carbonyl (C=O) groups excluding carboxylic acids is 2. The Labute approximate surface area is 156 Å². The van der Waals surface area contributed by atoms with Crippen LogP contribution in [0.2, 0.25) is 0 Å². The third kappa shape index (κ3) is 7.00. The fourth-order valence-electron chi connectivity index (χ4n) is 3.12. The molecule has 0 fully saturated rings. The van der Waals surface area contributed by atoms with Crippen molar-refractivity contribution < 1.29 is 9.59 Å². The van der Waals surface area contributed by atoms with Crippen LogP contribution in [0.15, 0.2) is 36.4 Å². The molecule has 0 aromatic heterocycles. The molecule has 0 saturated heterocycles. The van der Waals surface area contributed by atoms with Crippen LogP contribution in [0.1, 0.15) is 44.2 Å². The van der Waals surface area contributed by atoms with Gasteiger partial charge in [0.05, 0.1) is 0 Å². The number of nitrogens with one attached hydrogen (secondary N) is 3. The molecule has 0 spiro atoms. The summed E-state index contributed by atoms with van der Waals surface area (Å²) in [6.45, 7) is 6.63. The van der Waals surface area contributed by atoms with E-state index in [2.05, 4.69) is 35.9 Å². The number of benzene rings is 1. The first kappa shape index (κ1) is 20.2. The van der Waals surface area contributed by atoms with E-state index in [-0.39, 0.29) is 17.7 Å². The average Bonchev–Trinajstić information content (AvgIpc) is 2.62. The van der Waals surface area contributed by atoms with Gasteiger partial charge < -0.3 is 16.0 Å². The molecule has 26 heavy (non-hydrogen) atoms. The average molecular weight is 357 g/mol. The Bertz CT molecular complexity index is 625. The monoisotopic (exact) mass is 357 g/mol. The summed E-state index contributed by atoms with van der Waals surface area (Å²) in [5, 5.41) is 9.28. The Kier molecular flexibility index (Phi) is 8.35. The lowest BCUT2D eigenvalue weighted by Crippen LogP contribution is -2.32. The zero-order valence-corrected chi connectivity index (χ0v) is 15.9. The molecule has 0 aliphatic carbocycles. The van der Waals surface area contributed by atoms with Gasteiger partial charge in [0.25, 0.3) is 0 Å². The summed E-state index contributed by atoms with van der Waals surface area (Å²) in [4.78, 5) is 24.6. The summed E-state index contributed by atoms with van der Waals surface area (Å²) in [7, 11) is 0. The van der Waals surface area contributed by atoms with Crippen molar-refractivity contribution in [2.75, 3.05) is 13.1 Å². The Morgan fingerprint density at radius 3 is 2.42 bits per heavy atom. The molecule has 0 bridgehead atoms. The number of amides is 2. The lowest BCUT2D eigenvalue weighted by molar-refractivity contribution is -0.125. The van der Waals surface area contributed by atoms with Gasteiger partial charge in [-0.15, -0.1) is 0 Å². The smallest absolute Gasteiger partial charge is 0.223 e. The van der Waals surface area contributed by atoms with Crippen LogP contribution in [-0.2, 0) is 22.7 Å². The van der Waals surface area contributed by atoms with E-state index < -0.39 is 0 Å². The zero-order chi connectivity index (χ0) is 18.8. The standard InChI is InChI=1S/C21H31N3O2/c1-16(2)13-17-7-5-6-11-22-12-10-20(25)23-14-18-8-3-4-9-19(18)15-24-21(17)26/h3-6,8-9,16-17,22H,7,10-15H2,1-2H3,(H,23,25)(H,24,26)/b6-5-. The first-order valence-corrected chi connectivity index (χ1v) is 9.53.